The Kier molecular flexibility index (Phi) is 2.99. The van der Waals surface area contributed by atoms with Crippen molar-refractivity contribution in [1.29, 1.82) is 0 Å². The number of alkyl halides is 2. The highest BCUT2D eigenvalue weighted by molar-refractivity contribution is 9.13. The summed E-state index contributed by atoms with van der Waals surface area (Å²) in [6.07, 6.45) is 2.51. The molecule has 0 spiro atoms. The van der Waals surface area contributed by atoms with E-state index in [0.717, 1.165) is 0 Å². The Hall–Kier alpha value is 0.170. The van der Waals surface area contributed by atoms with Gasteiger partial charge in [0.15, 0.2) is 0 Å². The van der Waals surface area contributed by atoms with Crippen molar-refractivity contribution in [2.45, 2.75) is 29.4 Å². The molecule has 0 N–H and O–H groups in total. The second-order valence-corrected chi connectivity index (χ2v) is 4.99. The third kappa shape index (κ3) is 1.35. The first-order valence-corrected chi connectivity index (χ1v) is 5.48. The molecule has 2 atom stereocenters. The van der Waals surface area contributed by atoms with Crippen molar-refractivity contribution in [2.75, 3.05) is 0 Å². The lowest BCUT2D eigenvalue weighted by molar-refractivity contribution is -0.137. The molecule has 2 nitrogen and oxygen atoms in total. The highest BCUT2D eigenvalue weighted by Gasteiger charge is 2.51. The van der Waals surface area contributed by atoms with E-state index in [1.807, 2.05) is 13.8 Å². The highest BCUT2D eigenvalue weighted by Crippen LogP contribution is 2.43. The van der Waals surface area contributed by atoms with E-state index in [2.05, 4.69) is 31.9 Å². The first-order chi connectivity index (χ1) is 5.56. The lowest BCUT2D eigenvalue weighted by atomic mass is 10.0. The molecule has 1 rings (SSSR count). The van der Waals surface area contributed by atoms with Gasteiger partial charge < -0.3 is 4.74 Å². The Morgan fingerprint density at radius 2 is 2.33 bits per heavy atom. The molecule has 1 aliphatic rings. The Bertz CT molecular complexity index is 237. The van der Waals surface area contributed by atoms with Crippen LogP contribution in [0, 0.1) is 0 Å². The first kappa shape index (κ1) is 10.3. The fourth-order valence-electron chi connectivity index (χ4n) is 1.10. The summed E-state index contributed by atoms with van der Waals surface area (Å²) in [5, 5.41) is 0. The summed E-state index contributed by atoms with van der Waals surface area (Å²) in [5.74, 6) is 0.485. The van der Waals surface area contributed by atoms with Crippen molar-refractivity contribution in [3.63, 3.8) is 0 Å². The van der Waals surface area contributed by atoms with Crippen LogP contribution in [-0.2, 0) is 9.53 Å². The maximum absolute atomic E-state index is 11.4. The highest BCUT2D eigenvalue weighted by atomic mass is 79.9. The topological polar surface area (TPSA) is 26.3 Å². The van der Waals surface area contributed by atoms with Gasteiger partial charge in [0.25, 0.3) is 0 Å². The molecule has 0 aromatic heterocycles. The number of allylic oxidation sites excluding steroid dienone is 2. The molecule has 2 unspecified atom stereocenters. The molecule has 68 valence electrons. The number of carbonyl (C=O) groups excluding carboxylic acids is 1. The summed E-state index contributed by atoms with van der Waals surface area (Å²) in [6, 6.07) is 0. The van der Waals surface area contributed by atoms with Crippen LogP contribution in [0.1, 0.15) is 20.3 Å². The van der Waals surface area contributed by atoms with E-state index in [0.29, 0.717) is 12.2 Å². The van der Waals surface area contributed by atoms with Crippen molar-refractivity contribution in [3.8, 4) is 0 Å². The maximum atomic E-state index is 11.4. The number of carbonyl (C=O) groups is 1. The minimum Gasteiger partial charge on any atom is -0.429 e. The van der Waals surface area contributed by atoms with Crippen LogP contribution in [0.3, 0.4) is 0 Å². The molecule has 0 aromatic carbocycles. The number of hydrogen-bond acceptors (Lipinski definition) is 2. The van der Waals surface area contributed by atoms with E-state index in [-0.39, 0.29) is 10.8 Å². The summed E-state index contributed by atoms with van der Waals surface area (Å²) in [6.45, 7) is 3.80. The molecule has 1 fully saturated rings. The van der Waals surface area contributed by atoms with Crippen LogP contribution in [0.5, 0.6) is 0 Å². The number of esters is 1. The average Bonchev–Trinajstić information content (AvgIpc) is 2.30. The van der Waals surface area contributed by atoms with Crippen LogP contribution < -0.4 is 0 Å². The molecule has 0 amide bonds. The van der Waals surface area contributed by atoms with Crippen LogP contribution in [-0.4, -0.2) is 15.1 Å². The molecule has 0 aromatic rings. The lowest BCUT2D eigenvalue weighted by Gasteiger charge is -2.17. The van der Waals surface area contributed by atoms with Gasteiger partial charge in [-0.15, -0.1) is 0 Å². The third-order valence-electron chi connectivity index (χ3n) is 2.00. The minimum absolute atomic E-state index is 0.0486. The molecule has 0 radical (unpaired) electrons. The number of halogens is 2. The predicted octanol–water partition coefficient (Wildman–Crippen LogP) is 2.75. The molecule has 0 bridgehead atoms. The van der Waals surface area contributed by atoms with Gasteiger partial charge in [0.05, 0.1) is 4.83 Å². The van der Waals surface area contributed by atoms with Crippen LogP contribution in [0.4, 0.5) is 0 Å². The van der Waals surface area contributed by atoms with Crippen molar-refractivity contribution in [1.82, 2.24) is 0 Å². The van der Waals surface area contributed by atoms with E-state index < -0.39 is 4.32 Å². The molecular formula is C8H10Br2O2. The Balaban J connectivity index is 2.99. The average molecular weight is 298 g/mol. The van der Waals surface area contributed by atoms with Crippen molar-refractivity contribution in [2.24, 2.45) is 0 Å². The molecule has 1 aliphatic heterocycles. The summed E-state index contributed by atoms with van der Waals surface area (Å²) in [5.41, 5.74) is 0. The summed E-state index contributed by atoms with van der Waals surface area (Å²) in [7, 11) is 0. The van der Waals surface area contributed by atoms with Gasteiger partial charge in [-0.3, -0.25) is 4.79 Å². The SMILES string of the molecule is CC=C1OC(=O)C(Br)(CC)C1Br. The fraction of sp³-hybridized carbons (Fsp3) is 0.625. The third-order valence-corrected chi connectivity index (χ3v) is 5.19. The zero-order chi connectivity index (χ0) is 9.35. The Morgan fingerprint density at radius 1 is 1.75 bits per heavy atom. The minimum atomic E-state index is -0.575. The number of ether oxygens (including phenoxy) is 1. The number of rotatable bonds is 1. The molecule has 0 aliphatic carbocycles. The smallest absolute Gasteiger partial charge is 0.329 e. The Morgan fingerprint density at radius 3 is 2.58 bits per heavy atom. The monoisotopic (exact) mass is 296 g/mol. The van der Waals surface area contributed by atoms with Gasteiger partial charge in [0.1, 0.15) is 10.1 Å². The zero-order valence-electron chi connectivity index (χ0n) is 6.93. The van der Waals surface area contributed by atoms with E-state index >= 15 is 0 Å². The van der Waals surface area contributed by atoms with Gasteiger partial charge in [0.2, 0.25) is 0 Å². The van der Waals surface area contributed by atoms with Gasteiger partial charge in [-0.25, -0.2) is 0 Å². The van der Waals surface area contributed by atoms with Gasteiger partial charge in [-0.2, -0.15) is 0 Å². The molecule has 1 heterocycles. The van der Waals surface area contributed by atoms with Crippen molar-refractivity contribution < 1.29 is 9.53 Å². The first-order valence-electron chi connectivity index (χ1n) is 3.77. The van der Waals surface area contributed by atoms with Crippen molar-refractivity contribution >= 4 is 37.8 Å². The van der Waals surface area contributed by atoms with Crippen LogP contribution in [0.25, 0.3) is 0 Å². The second kappa shape index (κ2) is 3.50. The summed E-state index contributed by atoms with van der Waals surface area (Å²) >= 11 is 6.82. The number of hydrogen-bond donors (Lipinski definition) is 0. The largest absolute Gasteiger partial charge is 0.429 e. The second-order valence-electron chi connectivity index (χ2n) is 2.66. The van der Waals surface area contributed by atoms with E-state index in [1.165, 1.54) is 0 Å². The van der Waals surface area contributed by atoms with E-state index in [9.17, 15) is 4.79 Å². The fourth-order valence-corrected chi connectivity index (χ4v) is 2.28. The van der Waals surface area contributed by atoms with E-state index in [4.69, 9.17) is 4.74 Å². The molecular weight excluding hydrogens is 288 g/mol. The molecule has 0 saturated carbocycles. The number of cyclic esters (lactones) is 1. The molecule has 12 heavy (non-hydrogen) atoms. The summed E-state index contributed by atoms with van der Waals surface area (Å²) in [4.78, 5) is 11.3. The van der Waals surface area contributed by atoms with Crippen LogP contribution in [0.15, 0.2) is 11.8 Å². The predicted molar refractivity (Wildman–Crippen MR) is 54.5 cm³/mol. The summed E-state index contributed by atoms with van der Waals surface area (Å²) < 4.78 is 4.48. The Labute approximate surface area is 88.6 Å². The molecule has 4 heteroatoms. The quantitative estimate of drug-likeness (QED) is 0.549. The normalized spacial score (nSPS) is 38.8. The lowest BCUT2D eigenvalue weighted by Crippen LogP contribution is -2.33. The van der Waals surface area contributed by atoms with Gasteiger partial charge in [-0.1, -0.05) is 38.8 Å². The maximum Gasteiger partial charge on any atom is 0.329 e. The van der Waals surface area contributed by atoms with Gasteiger partial charge in [0, 0.05) is 0 Å². The molecule has 1 saturated heterocycles. The van der Waals surface area contributed by atoms with E-state index in [1.54, 1.807) is 6.08 Å². The van der Waals surface area contributed by atoms with Gasteiger partial charge in [-0.05, 0) is 19.4 Å². The standard InChI is InChI=1S/C8H10Br2O2/c1-3-5-6(9)8(10,4-2)7(11)12-5/h3,6H,4H2,1-2H3. The zero-order valence-corrected chi connectivity index (χ0v) is 10.1. The van der Waals surface area contributed by atoms with Crippen LogP contribution >= 0.6 is 31.9 Å². The van der Waals surface area contributed by atoms with Gasteiger partial charge >= 0.3 is 5.97 Å². The van der Waals surface area contributed by atoms with Crippen molar-refractivity contribution in [3.05, 3.63) is 11.8 Å². The van der Waals surface area contributed by atoms with Crippen LogP contribution in [0.2, 0.25) is 0 Å².